The largest absolute Gasteiger partial charge is 0.393 e. The van der Waals surface area contributed by atoms with E-state index in [9.17, 15) is 19.5 Å². The van der Waals surface area contributed by atoms with Crippen LogP contribution in [0.1, 0.15) is 91.4 Å². The molecular weight excluding hydrogens is 328 g/mol. The van der Waals surface area contributed by atoms with Gasteiger partial charge in [0.25, 0.3) is 0 Å². The SMILES string of the molecule is C/C=C/C=C\CCC(=O)CC(C)=O.C/C=C/C=C\CCC(O)CC(C)=O.[2HH].[2H][2H].[2H][2H].[2H][2H].[2H][2H].[2H][2H].[2H][2H].[2H][2H].[2H][2H]. The van der Waals surface area contributed by atoms with E-state index >= 15 is 0 Å². The second-order valence-electron chi connectivity index (χ2n) is 6.00. The van der Waals surface area contributed by atoms with Gasteiger partial charge < -0.3 is 5.11 Å². The summed E-state index contributed by atoms with van der Waals surface area (Å²) in [5.74, 6) is 0.0185. The fraction of sp³-hybridized carbons (Fsp3) is 0.500. The van der Waals surface area contributed by atoms with Crippen molar-refractivity contribution in [3.05, 3.63) is 48.6 Å². The molecule has 26 heavy (non-hydrogen) atoms. The summed E-state index contributed by atoms with van der Waals surface area (Å²) in [7, 11) is 0. The Morgan fingerprint density at radius 1 is 0.923 bits per heavy atom. The lowest BCUT2D eigenvalue weighted by atomic mass is 10.1. The number of ketones is 3. The lowest BCUT2D eigenvalue weighted by molar-refractivity contribution is -0.126. The minimum Gasteiger partial charge on any atom is -0.393 e. The van der Waals surface area contributed by atoms with Crippen LogP contribution in [-0.2, 0) is 14.4 Å². The Labute approximate surface area is 184 Å². The first-order chi connectivity index (χ1) is 20.3. The number of hydrogen-bond acceptors (Lipinski definition) is 4. The van der Waals surface area contributed by atoms with Crippen molar-refractivity contribution in [3.8, 4) is 0 Å². The molecule has 0 radical (unpaired) electrons. The molecule has 4 heteroatoms. The number of carbonyl (C=O) groups is 3. The van der Waals surface area contributed by atoms with E-state index in [1.54, 1.807) is 0 Å². The van der Waals surface area contributed by atoms with Crippen molar-refractivity contribution in [3.63, 3.8) is 0 Å². The molecule has 0 aliphatic carbocycles. The van der Waals surface area contributed by atoms with Crippen LogP contribution in [0.2, 0.25) is 0 Å². The average molecular weight is 398 g/mol. The topological polar surface area (TPSA) is 71.4 Å². The van der Waals surface area contributed by atoms with Crippen molar-refractivity contribution in [2.45, 2.75) is 72.3 Å². The van der Waals surface area contributed by atoms with Crippen molar-refractivity contribution < 1.29 is 44.7 Å². The zero-order valence-corrected chi connectivity index (χ0v) is 16.6. The Balaban J connectivity index is -0.0000000354. The van der Waals surface area contributed by atoms with Gasteiger partial charge in [0.2, 0.25) is 0 Å². The normalized spacial score (nSPS) is 15.1. The molecule has 0 aromatic heterocycles. The van der Waals surface area contributed by atoms with Crippen LogP contribution in [0.4, 0.5) is 0 Å². The van der Waals surface area contributed by atoms with E-state index in [4.69, 9.17) is 23.8 Å². The standard InChI is InChI=1S/C11H18O2.C11H16O2.9H2/c2*1-3-4-5-6-7-8-11(13)9-10(2)12;;;;;;;;;/h3-6,11,13H,7-9H2,1-2H3;3-6H,7-9H2,1-2H3;9*1H/b2*4-3+,6-5-;;;;;;;;;/i;;8*1+1D;1+1. The van der Waals surface area contributed by atoms with Crippen molar-refractivity contribution in [1.29, 1.82) is 0 Å². The second kappa shape index (κ2) is 19.3. The fourth-order valence-corrected chi connectivity index (χ4v) is 1.90. The molecule has 1 atom stereocenters. The Morgan fingerprint density at radius 3 is 1.92 bits per heavy atom. The lowest BCUT2D eigenvalue weighted by Gasteiger charge is -2.04. The van der Waals surface area contributed by atoms with Crippen molar-refractivity contribution in [2.24, 2.45) is 0 Å². The molecule has 0 amide bonds. The third-order valence-electron chi connectivity index (χ3n) is 3.10. The number of allylic oxidation sites excluding steroid dienone is 8. The van der Waals surface area contributed by atoms with Crippen LogP contribution in [-0.4, -0.2) is 28.6 Å². The van der Waals surface area contributed by atoms with E-state index in [0.29, 0.717) is 12.8 Å². The van der Waals surface area contributed by atoms with Gasteiger partial charge in [0.15, 0.2) is 0 Å². The van der Waals surface area contributed by atoms with Crippen LogP contribution >= 0.6 is 0 Å². The molecule has 0 spiro atoms. The zero-order valence-electron chi connectivity index (χ0n) is 32.6. The summed E-state index contributed by atoms with van der Waals surface area (Å²) in [5.41, 5.74) is 0. The molecule has 0 saturated carbocycles. The molecule has 0 aromatic rings. The molecule has 0 heterocycles. The smallest absolute Gasteiger partial charge is 0.140 e. The van der Waals surface area contributed by atoms with Gasteiger partial charge in [0.05, 0.1) is 12.5 Å². The van der Waals surface area contributed by atoms with E-state index in [1.165, 1.54) is 13.8 Å². The molecule has 0 aliphatic heterocycles. The molecule has 0 rings (SSSR count). The predicted octanol–water partition coefficient (Wildman–Crippen LogP) is 6.90. The first-order valence-electron chi connectivity index (χ1n) is 17.1. The quantitative estimate of drug-likeness (QED) is 0.287. The monoisotopic (exact) mass is 397 g/mol. The molecule has 0 saturated heterocycles. The van der Waals surface area contributed by atoms with Crippen molar-refractivity contribution >= 4 is 17.3 Å². The Hall–Kier alpha value is -2.07. The Kier molecular flexibility index (Phi) is 10.4. The number of Topliss-reactive ketones (excluding diaryl/α,β-unsaturated/α-hetero) is 3. The molecule has 1 N–H and O–H groups in total. The molecule has 0 bridgehead atoms. The van der Waals surface area contributed by atoms with E-state index in [1.807, 2.05) is 62.5 Å². The second-order valence-corrected chi connectivity index (χ2v) is 6.00. The zero-order chi connectivity index (χ0) is 36.2. The Morgan fingerprint density at radius 2 is 1.46 bits per heavy atom. The minimum absolute atomic E-state index is 0. The van der Waals surface area contributed by atoms with Crippen molar-refractivity contribution in [1.82, 2.24) is 0 Å². The van der Waals surface area contributed by atoms with Gasteiger partial charge in [0.1, 0.15) is 17.3 Å². The molecule has 164 valence electrons. The van der Waals surface area contributed by atoms with Gasteiger partial charge in [-0.3, -0.25) is 14.4 Å². The van der Waals surface area contributed by atoms with Gasteiger partial charge in [-0.15, -0.1) is 0 Å². The molecule has 0 fully saturated rings. The highest BCUT2D eigenvalue weighted by Crippen LogP contribution is 2.03. The molecule has 4 nitrogen and oxygen atoms in total. The van der Waals surface area contributed by atoms with Gasteiger partial charge >= 0.3 is 0 Å². The average Bonchev–Trinajstić information content (AvgIpc) is 3.04. The highest BCUT2D eigenvalue weighted by atomic mass is 16.3. The number of aliphatic hydroxyl groups is 1. The number of rotatable bonds is 12. The Bertz CT molecular complexity index is 552. The van der Waals surface area contributed by atoms with Crippen LogP contribution in [0, 0.1) is 0 Å². The highest BCUT2D eigenvalue weighted by Gasteiger charge is 2.05. The van der Waals surface area contributed by atoms with Crippen molar-refractivity contribution in [2.75, 3.05) is 0 Å². The first kappa shape index (κ1) is 14.0. The highest BCUT2D eigenvalue weighted by molar-refractivity contribution is 5.97. The fourth-order valence-electron chi connectivity index (χ4n) is 1.90. The lowest BCUT2D eigenvalue weighted by Crippen LogP contribution is -2.10. The maximum Gasteiger partial charge on any atom is 0.140 e. The van der Waals surface area contributed by atoms with Gasteiger partial charge in [0, 0.05) is 38.0 Å². The van der Waals surface area contributed by atoms with Gasteiger partial charge in [-0.25, -0.2) is 0 Å². The molecule has 0 aliphatic rings. The van der Waals surface area contributed by atoms with Crippen LogP contribution in [0.5, 0.6) is 0 Å². The van der Waals surface area contributed by atoms with Crippen LogP contribution in [0.15, 0.2) is 48.6 Å². The summed E-state index contributed by atoms with van der Waals surface area (Å²) in [6.07, 6.45) is 18.0. The van der Waals surface area contributed by atoms with E-state index in [2.05, 4.69) is 0 Å². The number of hydrogen-bond donors (Lipinski definition) is 1. The molecule has 0 aromatic carbocycles. The van der Waals surface area contributed by atoms with Gasteiger partial charge in [-0.05, 0) is 47.0 Å². The van der Waals surface area contributed by atoms with Crippen LogP contribution in [0.25, 0.3) is 0 Å². The van der Waals surface area contributed by atoms with Crippen LogP contribution < -0.4 is 0 Å². The summed E-state index contributed by atoms with van der Waals surface area (Å²) in [6, 6.07) is 0. The summed E-state index contributed by atoms with van der Waals surface area (Å²) >= 11 is 0. The molecule has 1 unspecified atom stereocenters. The number of aliphatic hydroxyl groups excluding tert-OH is 1. The van der Waals surface area contributed by atoms with E-state index < -0.39 is 6.10 Å². The predicted molar refractivity (Wildman–Crippen MR) is 127 cm³/mol. The number of carbonyl (C=O) groups excluding carboxylic acids is 3. The van der Waals surface area contributed by atoms with Gasteiger partial charge in [-0.2, -0.15) is 0 Å². The van der Waals surface area contributed by atoms with E-state index in [-0.39, 0.29) is 31.6 Å². The van der Waals surface area contributed by atoms with Crippen LogP contribution in [0.3, 0.4) is 0 Å². The third kappa shape index (κ3) is 24.2. The maximum absolute atomic E-state index is 11.0. The summed E-state index contributed by atoms with van der Waals surface area (Å²) in [4.78, 5) is 32.2. The summed E-state index contributed by atoms with van der Waals surface area (Å²) in [6.45, 7) is 6.83. The molecular formula is C22H52O4. The maximum atomic E-state index is 11.0. The third-order valence-corrected chi connectivity index (χ3v) is 3.10. The van der Waals surface area contributed by atoms with E-state index in [0.717, 1.165) is 12.8 Å². The first-order valence-corrected chi connectivity index (χ1v) is 9.07. The van der Waals surface area contributed by atoms with Gasteiger partial charge in [-0.1, -0.05) is 48.6 Å². The summed E-state index contributed by atoms with van der Waals surface area (Å²) in [5, 5.41) is 9.30. The summed E-state index contributed by atoms with van der Waals surface area (Å²) < 4.78 is 80.0. The minimum atomic E-state index is -0.479.